The van der Waals surface area contributed by atoms with E-state index in [1.165, 1.54) is 5.56 Å². The maximum atomic E-state index is 12.6. The minimum Gasteiger partial charge on any atom is -0.353 e. The predicted octanol–water partition coefficient (Wildman–Crippen LogP) is 1.44. The molecule has 1 unspecified atom stereocenters. The van der Waals surface area contributed by atoms with E-state index >= 15 is 0 Å². The topological polar surface area (TPSA) is 57.7 Å². The third-order valence-electron chi connectivity index (χ3n) is 5.06. The molecule has 0 spiro atoms. The van der Waals surface area contributed by atoms with Crippen LogP contribution in [-0.2, 0) is 16.2 Å². The van der Waals surface area contributed by atoms with Gasteiger partial charge in [0.25, 0.3) is 0 Å². The average Bonchev–Trinajstić information content (AvgIpc) is 2.63. The van der Waals surface area contributed by atoms with Crippen molar-refractivity contribution in [1.29, 1.82) is 0 Å². The van der Waals surface area contributed by atoms with Gasteiger partial charge in [0, 0.05) is 44.6 Å². The van der Waals surface area contributed by atoms with Crippen LogP contribution in [-0.4, -0.2) is 60.2 Å². The van der Waals surface area contributed by atoms with Gasteiger partial charge in [-0.3, -0.25) is 14.7 Å². The number of hydrogen-bond acceptors (Lipinski definition) is 5. The van der Waals surface area contributed by atoms with Gasteiger partial charge >= 0.3 is 0 Å². The van der Waals surface area contributed by atoms with Crippen molar-refractivity contribution in [3.05, 3.63) is 30.1 Å². The van der Waals surface area contributed by atoms with Gasteiger partial charge in [0.1, 0.15) is 0 Å². The zero-order valence-corrected chi connectivity index (χ0v) is 14.5. The minimum atomic E-state index is 0.107. The van der Waals surface area contributed by atoms with Gasteiger partial charge in [-0.15, -0.1) is 0 Å². The van der Waals surface area contributed by atoms with Crippen LogP contribution in [0.4, 0.5) is 0 Å². The van der Waals surface area contributed by atoms with Crippen LogP contribution in [0.3, 0.4) is 0 Å². The number of aromatic nitrogens is 1. The molecule has 2 aliphatic heterocycles. The van der Waals surface area contributed by atoms with E-state index in [0.717, 1.165) is 58.4 Å². The summed E-state index contributed by atoms with van der Waals surface area (Å²) in [6, 6.07) is 4.36. The summed E-state index contributed by atoms with van der Waals surface area (Å²) >= 11 is 0. The van der Waals surface area contributed by atoms with Crippen LogP contribution in [0.25, 0.3) is 0 Å². The normalized spacial score (nSPS) is 24.0. The van der Waals surface area contributed by atoms with Crippen LogP contribution < -0.4 is 5.32 Å². The largest absolute Gasteiger partial charge is 0.353 e. The van der Waals surface area contributed by atoms with E-state index in [1.807, 2.05) is 17.3 Å². The summed E-state index contributed by atoms with van der Waals surface area (Å²) in [7, 11) is 1.71. The molecule has 132 valence electrons. The molecule has 0 aromatic carbocycles. The number of pyridine rings is 1. The fourth-order valence-electron chi connectivity index (χ4n) is 3.66. The zero-order valence-electron chi connectivity index (χ0n) is 14.5. The SMILES string of the molecule is CON1CCC(NC(=O)C2CCCN(Cc3cccnc3)C2)CC1. The van der Waals surface area contributed by atoms with Crippen molar-refractivity contribution in [3.8, 4) is 0 Å². The first-order valence-electron chi connectivity index (χ1n) is 8.95. The van der Waals surface area contributed by atoms with E-state index < -0.39 is 0 Å². The number of nitrogens with one attached hydrogen (secondary N) is 1. The Balaban J connectivity index is 1.46. The first kappa shape index (κ1) is 17.3. The van der Waals surface area contributed by atoms with Crippen molar-refractivity contribution in [2.75, 3.05) is 33.3 Å². The van der Waals surface area contributed by atoms with Crippen LogP contribution in [0.1, 0.15) is 31.2 Å². The summed E-state index contributed by atoms with van der Waals surface area (Å²) in [5.74, 6) is 0.331. The van der Waals surface area contributed by atoms with Gasteiger partial charge < -0.3 is 10.2 Å². The summed E-state index contributed by atoms with van der Waals surface area (Å²) < 4.78 is 0. The lowest BCUT2D eigenvalue weighted by atomic mass is 9.95. The molecule has 1 aromatic heterocycles. The van der Waals surface area contributed by atoms with Gasteiger partial charge in [-0.05, 0) is 43.9 Å². The van der Waals surface area contributed by atoms with Gasteiger partial charge in [-0.25, -0.2) is 0 Å². The highest BCUT2D eigenvalue weighted by atomic mass is 16.7. The Kier molecular flexibility index (Phi) is 6.18. The molecular formula is C18H28N4O2. The van der Waals surface area contributed by atoms with Gasteiger partial charge in [0.15, 0.2) is 0 Å². The Bertz CT molecular complexity index is 517. The number of likely N-dealkylation sites (tertiary alicyclic amines) is 1. The number of hydrogen-bond donors (Lipinski definition) is 1. The smallest absolute Gasteiger partial charge is 0.224 e. The second kappa shape index (κ2) is 8.55. The number of carbonyl (C=O) groups excluding carboxylic acids is 1. The third-order valence-corrected chi connectivity index (χ3v) is 5.06. The lowest BCUT2D eigenvalue weighted by molar-refractivity contribution is -0.147. The lowest BCUT2D eigenvalue weighted by Gasteiger charge is -2.34. The average molecular weight is 332 g/mol. The van der Waals surface area contributed by atoms with E-state index in [9.17, 15) is 4.79 Å². The lowest BCUT2D eigenvalue weighted by Crippen LogP contribution is -2.49. The monoisotopic (exact) mass is 332 g/mol. The van der Waals surface area contributed by atoms with Gasteiger partial charge in [0.05, 0.1) is 13.0 Å². The summed E-state index contributed by atoms with van der Waals surface area (Å²) in [6.07, 6.45) is 7.71. The molecule has 1 amide bonds. The number of amides is 1. The first-order chi connectivity index (χ1) is 11.7. The highest BCUT2D eigenvalue weighted by molar-refractivity contribution is 5.79. The number of carbonyl (C=O) groups is 1. The van der Waals surface area contributed by atoms with E-state index in [1.54, 1.807) is 13.3 Å². The minimum absolute atomic E-state index is 0.107. The van der Waals surface area contributed by atoms with Crippen LogP contribution >= 0.6 is 0 Å². The Hall–Kier alpha value is -1.50. The standard InChI is InChI=1S/C18H28N4O2/c1-24-22-10-6-17(7-11-22)20-18(23)16-5-3-9-21(14-16)13-15-4-2-8-19-12-15/h2,4,8,12,16-17H,3,5-7,9-11,13-14H2,1H3,(H,20,23). The Labute approximate surface area is 144 Å². The quantitative estimate of drug-likeness (QED) is 0.884. The molecule has 0 radical (unpaired) electrons. The van der Waals surface area contributed by atoms with E-state index in [2.05, 4.69) is 21.3 Å². The summed E-state index contributed by atoms with van der Waals surface area (Å²) in [5, 5.41) is 5.21. The van der Waals surface area contributed by atoms with Crippen LogP contribution in [0.5, 0.6) is 0 Å². The molecule has 2 aliphatic rings. The molecular weight excluding hydrogens is 304 g/mol. The molecule has 2 saturated heterocycles. The van der Waals surface area contributed by atoms with Crippen LogP contribution in [0.15, 0.2) is 24.5 Å². The number of hydroxylamine groups is 2. The molecule has 1 N–H and O–H groups in total. The van der Waals surface area contributed by atoms with Crippen molar-refractivity contribution in [2.45, 2.75) is 38.3 Å². The highest BCUT2D eigenvalue weighted by Crippen LogP contribution is 2.20. The Morgan fingerprint density at radius 2 is 2.17 bits per heavy atom. The Morgan fingerprint density at radius 1 is 1.33 bits per heavy atom. The fraction of sp³-hybridized carbons (Fsp3) is 0.667. The first-order valence-corrected chi connectivity index (χ1v) is 8.95. The van der Waals surface area contributed by atoms with Crippen molar-refractivity contribution >= 4 is 5.91 Å². The second-order valence-electron chi connectivity index (χ2n) is 6.83. The van der Waals surface area contributed by atoms with E-state index in [-0.39, 0.29) is 17.9 Å². The van der Waals surface area contributed by atoms with E-state index in [4.69, 9.17) is 4.84 Å². The summed E-state index contributed by atoms with van der Waals surface area (Å²) in [6.45, 7) is 4.56. The molecule has 24 heavy (non-hydrogen) atoms. The predicted molar refractivity (Wildman–Crippen MR) is 92.0 cm³/mol. The Morgan fingerprint density at radius 3 is 2.88 bits per heavy atom. The van der Waals surface area contributed by atoms with Crippen molar-refractivity contribution in [3.63, 3.8) is 0 Å². The number of rotatable bonds is 5. The molecule has 0 saturated carbocycles. The molecule has 0 aliphatic carbocycles. The van der Waals surface area contributed by atoms with Crippen LogP contribution in [0, 0.1) is 5.92 Å². The zero-order chi connectivity index (χ0) is 16.8. The van der Waals surface area contributed by atoms with Crippen molar-refractivity contribution < 1.29 is 9.63 Å². The van der Waals surface area contributed by atoms with Crippen molar-refractivity contribution in [2.24, 2.45) is 5.92 Å². The van der Waals surface area contributed by atoms with Gasteiger partial charge in [-0.2, -0.15) is 5.06 Å². The van der Waals surface area contributed by atoms with E-state index in [0.29, 0.717) is 0 Å². The number of piperidine rings is 2. The molecule has 2 fully saturated rings. The van der Waals surface area contributed by atoms with Gasteiger partial charge in [0.2, 0.25) is 5.91 Å². The second-order valence-corrected chi connectivity index (χ2v) is 6.83. The molecule has 0 bridgehead atoms. The van der Waals surface area contributed by atoms with Crippen LogP contribution in [0.2, 0.25) is 0 Å². The third kappa shape index (κ3) is 4.75. The maximum Gasteiger partial charge on any atom is 0.224 e. The molecule has 3 heterocycles. The summed E-state index contributed by atoms with van der Waals surface area (Å²) in [4.78, 5) is 24.4. The highest BCUT2D eigenvalue weighted by Gasteiger charge is 2.28. The van der Waals surface area contributed by atoms with Gasteiger partial charge in [-0.1, -0.05) is 6.07 Å². The van der Waals surface area contributed by atoms with Crippen molar-refractivity contribution in [1.82, 2.24) is 20.3 Å². The fourth-order valence-corrected chi connectivity index (χ4v) is 3.66. The molecule has 1 aromatic rings. The molecule has 6 heteroatoms. The molecule has 1 atom stereocenters. The molecule has 3 rings (SSSR count). The number of nitrogens with zero attached hydrogens (tertiary/aromatic N) is 3. The maximum absolute atomic E-state index is 12.6. The summed E-state index contributed by atoms with van der Waals surface area (Å²) in [5.41, 5.74) is 1.21. The molecule has 6 nitrogen and oxygen atoms in total.